The number of imidazole rings is 1. The van der Waals surface area contributed by atoms with E-state index in [-0.39, 0.29) is 29.6 Å². The normalized spacial score (nSPS) is 22.4. The van der Waals surface area contributed by atoms with Gasteiger partial charge in [-0.15, -0.1) is 0 Å². The number of ketones is 1. The second-order valence-corrected chi connectivity index (χ2v) is 12.4. The number of aryl methyl sites for hydroxylation is 2. The van der Waals surface area contributed by atoms with Gasteiger partial charge in [0.05, 0.1) is 23.1 Å². The number of amides is 1. The van der Waals surface area contributed by atoms with Gasteiger partial charge in [0.25, 0.3) is 0 Å². The lowest BCUT2D eigenvalue weighted by atomic mass is 9.86. The number of piperidine rings is 1. The van der Waals surface area contributed by atoms with Crippen LogP contribution in [0.2, 0.25) is 0 Å². The number of carbonyl (C=O) groups is 2. The molecule has 6 rings (SSSR count). The lowest BCUT2D eigenvalue weighted by Crippen LogP contribution is -2.58. The summed E-state index contributed by atoms with van der Waals surface area (Å²) < 4.78 is 1.84. The molecular formula is C33H44N8O2. The first-order chi connectivity index (χ1) is 20.9. The number of carbonyl (C=O) groups excluding carboxylic acids is 2. The van der Waals surface area contributed by atoms with Gasteiger partial charge in [-0.05, 0) is 68.7 Å². The summed E-state index contributed by atoms with van der Waals surface area (Å²) in [5, 5.41) is 11.1. The van der Waals surface area contributed by atoms with E-state index in [1.54, 1.807) is 0 Å². The second-order valence-electron chi connectivity index (χ2n) is 12.4. The fourth-order valence-corrected chi connectivity index (χ4v) is 7.38. The summed E-state index contributed by atoms with van der Waals surface area (Å²) in [6.45, 7) is 5.09. The molecule has 0 spiro atoms. The molecule has 3 saturated heterocycles. The molecule has 3 atom stereocenters. The molecule has 10 heteroatoms. The predicted octanol–water partition coefficient (Wildman–Crippen LogP) is 2.63. The number of piperazine rings is 1. The van der Waals surface area contributed by atoms with E-state index in [0.717, 1.165) is 62.9 Å². The zero-order valence-electron chi connectivity index (χ0n) is 25.1. The number of benzene rings is 2. The maximum atomic E-state index is 14.1. The van der Waals surface area contributed by atoms with Crippen LogP contribution in [0.3, 0.4) is 0 Å². The van der Waals surface area contributed by atoms with Crippen LogP contribution in [0.4, 0.5) is 0 Å². The van der Waals surface area contributed by atoms with E-state index in [9.17, 15) is 9.59 Å². The lowest BCUT2D eigenvalue weighted by Gasteiger charge is -2.40. The molecule has 4 N–H and O–H groups in total. The number of likely N-dealkylation sites (tertiary alicyclic amines) is 1. The van der Waals surface area contributed by atoms with Crippen LogP contribution < -0.4 is 11.1 Å². The molecule has 1 aromatic heterocycles. The van der Waals surface area contributed by atoms with Crippen molar-refractivity contribution >= 4 is 28.7 Å². The SMILES string of the molecule is Cn1c(C(=O)C(NC(=O)C2CCC3CN(CCCc4ccccc4)CCN32)C2CCN(C(=N)N)CC2)nc2ccccc21. The Hall–Kier alpha value is -3.76. The van der Waals surface area contributed by atoms with E-state index in [1.807, 2.05) is 40.8 Å². The van der Waals surface area contributed by atoms with E-state index < -0.39 is 6.04 Å². The molecule has 4 heterocycles. The molecule has 228 valence electrons. The smallest absolute Gasteiger partial charge is 0.237 e. The molecule has 0 saturated carbocycles. The fourth-order valence-electron chi connectivity index (χ4n) is 7.38. The molecule has 1 amide bonds. The van der Waals surface area contributed by atoms with Gasteiger partial charge in [0.15, 0.2) is 11.8 Å². The van der Waals surface area contributed by atoms with Gasteiger partial charge < -0.3 is 25.4 Å². The van der Waals surface area contributed by atoms with Crippen molar-refractivity contribution in [2.24, 2.45) is 18.7 Å². The lowest BCUT2D eigenvalue weighted by molar-refractivity contribution is -0.127. The van der Waals surface area contributed by atoms with Crippen molar-refractivity contribution in [3.63, 3.8) is 0 Å². The number of aromatic nitrogens is 2. The van der Waals surface area contributed by atoms with Crippen LogP contribution in [-0.4, -0.2) is 99.3 Å². The quantitative estimate of drug-likeness (QED) is 0.201. The second kappa shape index (κ2) is 12.9. The van der Waals surface area contributed by atoms with Crippen LogP contribution in [-0.2, 0) is 18.3 Å². The number of para-hydroxylation sites is 2. The number of hydrogen-bond donors (Lipinski definition) is 3. The third-order valence-electron chi connectivity index (χ3n) is 9.81. The van der Waals surface area contributed by atoms with Crippen LogP contribution in [0.5, 0.6) is 0 Å². The number of guanidine groups is 1. The summed E-state index contributed by atoms with van der Waals surface area (Å²) in [5.74, 6) is 0.175. The number of Topliss-reactive ketones (excluding diaryl/α,β-unsaturated/α-hetero) is 1. The molecule has 3 unspecified atom stereocenters. The van der Waals surface area contributed by atoms with E-state index in [1.165, 1.54) is 5.56 Å². The maximum Gasteiger partial charge on any atom is 0.237 e. The summed E-state index contributed by atoms with van der Waals surface area (Å²) >= 11 is 0. The summed E-state index contributed by atoms with van der Waals surface area (Å²) in [4.78, 5) is 39.5. The topological polar surface area (TPSA) is 124 Å². The minimum atomic E-state index is -0.671. The fraction of sp³-hybridized carbons (Fsp3) is 0.515. The average molecular weight is 585 g/mol. The molecule has 0 aliphatic carbocycles. The summed E-state index contributed by atoms with van der Waals surface area (Å²) in [5.41, 5.74) is 8.78. The largest absolute Gasteiger partial charge is 0.370 e. The first-order valence-corrected chi connectivity index (χ1v) is 15.8. The van der Waals surface area contributed by atoms with Gasteiger partial charge in [-0.25, -0.2) is 4.98 Å². The van der Waals surface area contributed by atoms with Crippen molar-refractivity contribution in [3.8, 4) is 0 Å². The van der Waals surface area contributed by atoms with Gasteiger partial charge in [-0.2, -0.15) is 0 Å². The first-order valence-electron chi connectivity index (χ1n) is 15.8. The Bertz CT molecular complexity index is 1450. The molecule has 0 radical (unpaired) electrons. The van der Waals surface area contributed by atoms with Crippen LogP contribution in [0.15, 0.2) is 54.6 Å². The Morgan fingerprint density at radius 1 is 1.00 bits per heavy atom. The molecule has 2 aromatic carbocycles. The predicted molar refractivity (Wildman–Crippen MR) is 168 cm³/mol. The van der Waals surface area contributed by atoms with Gasteiger partial charge in [0.2, 0.25) is 11.7 Å². The Balaban J connectivity index is 1.12. The molecule has 3 fully saturated rings. The van der Waals surface area contributed by atoms with Crippen molar-refractivity contribution in [2.75, 3.05) is 39.3 Å². The van der Waals surface area contributed by atoms with Gasteiger partial charge >= 0.3 is 0 Å². The van der Waals surface area contributed by atoms with E-state index in [2.05, 4.69) is 50.4 Å². The highest BCUT2D eigenvalue weighted by Crippen LogP contribution is 2.30. The molecule has 3 aromatic rings. The first kappa shape index (κ1) is 29.3. The van der Waals surface area contributed by atoms with Crippen molar-refractivity contribution in [2.45, 2.75) is 56.7 Å². The van der Waals surface area contributed by atoms with E-state index in [4.69, 9.17) is 11.1 Å². The molecule has 43 heavy (non-hydrogen) atoms. The zero-order valence-corrected chi connectivity index (χ0v) is 25.1. The van der Waals surface area contributed by atoms with Gasteiger partial charge in [0.1, 0.15) is 0 Å². The van der Waals surface area contributed by atoms with Crippen LogP contribution in [0, 0.1) is 11.3 Å². The molecule has 10 nitrogen and oxygen atoms in total. The number of hydrogen-bond acceptors (Lipinski definition) is 6. The Morgan fingerprint density at radius 3 is 2.49 bits per heavy atom. The summed E-state index contributed by atoms with van der Waals surface area (Å²) in [7, 11) is 1.86. The third kappa shape index (κ3) is 6.31. The van der Waals surface area contributed by atoms with Crippen molar-refractivity contribution in [3.05, 3.63) is 66.0 Å². The minimum absolute atomic E-state index is 0.0499. The Morgan fingerprint density at radius 2 is 1.74 bits per heavy atom. The highest BCUT2D eigenvalue weighted by atomic mass is 16.2. The third-order valence-corrected chi connectivity index (χ3v) is 9.81. The highest BCUT2D eigenvalue weighted by Gasteiger charge is 2.43. The van der Waals surface area contributed by atoms with Crippen molar-refractivity contribution in [1.82, 2.24) is 29.6 Å². The number of rotatable bonds is 9. The Labute approximate surface area is 253 Å². The van der Waals surface area contributed by atoms with Crippen molar-refractivity contribution < 1.29 is 9.59 Å². The average Bonchev–Trinajstić information content (AvgIpc) is 3.61. The standard InChI is InChI=1S/C33H44N8O2/c1-38-27-12-6-5-11-26(27)36-31(38)30(42)29(24-15-18-40(19-16-24)33(34)35)37-32(43)28-14-13-25-22-39(20-21-41(25)28)17-7-10-23-8-3-2-4-9-23/h2-6,8-9,11-12,24-25,28-29H,7,10,13-22H2,1H3,(H3,34,35)(H,37,43). The van der Waals surface area contributed by atoms with Gasteiger partial charge in [-0.1, -0.05) is 42.5 Å². The van der Waals surface area contributed by atoms with Gasteiger partial charge in [0, 0.05) is 45.8 Å². The van der Waals surface area contributed by atoms with E-state index >= 15 is 0 Å². The van der Waals surface area contributed by atoms with Crippen LogP contribution >= 0.6 is 0 Å². The number of fused-ring (bicyclic) bond motifs is 2. The maximum absolute atomic E-state index is 14.1. The Kier molecular flexibility index (Phi) is 8.76. The molecular weight excluding hydrogens is 540 g/mol. The molecule has 3 aliphatic rings. The highest BCUT2D eigenvalue weighted by molar-refractivity contribution is 6.02. The minimum Gasteiger partial charge on any atom is -0.370 e. The number of nitrogens with two attached hydrogens (primary N) is 1. The number of nitrogens with zero attached hydrogens (tertiary/aromatic N) is 5. The number of nitrogens with one attached hydrogen (secondary N) is 2. The van der Waals surface area contributed by atoms with Crippen LogP contribution in [0.1, 0.15) is 48.3 Å². The van der Waals surface area contributed by atoms with Gasteiger partial charge in [-0.3, -0.25) is 19.9 Å². The van der Waals surface area contributed by atoms with Crippen molar-refractivity contribution in [1.29, 1.82) is 5.41 Å². The monoisotopic (exact) mass is 584 g/mol. The summed E-state index contributed by atoms with van der Waals surface area (Å²) in [6, 6.07) is 17.8. The zero-order chi connectivity index (χ0) is 29.9. The molecule has 0 bridgehead atoms. The summed E-state index contributed by atoms with van der Waals surface area (Å²) in [6.07, 6.45) is 5.38. The molecule has 3 aliphatic heterocycles. The van der Waals surface area contributed by atoms with Crippen LogP contribution in [0.25, 0.3) is 11.0 Å². The van der Waals surface area contributed by atoms with E-state index in [0.29, 0.717) is 37.8 Å².